The predicted octanol–water partition coefficient (Wildman–Crippen LogP) is 5.85. The number of ether oxygens (including phenoxy) is 1. The summed E-state index contributed by atoms with van der Waals surface area (Å²) in [6, 6.07) is 15.8. The van der Waals surface area contributed by atoms with Crippen molar-refractivity contribution in [1.82, 2.24) is 0 Å². The molecule has 5 nitrogen and oxygen atoms in total. The van der Waals surface area contributed by atoms with Crippen LogP contribution >= 0.6 is 0 Å². The molecule has 0 fully saturated rings. The predicted molar refractivity (Wildman–Crippen MR) is 113 cm³/mol. The van der Waals surface area contributed by atoms with Gasteiger partial charge < -0.3 is 14.9 Å². The zero-order valence-electron chi connectivity index (χ0n) is 16.8. The Bertz CT molecular complexity index is 770. The molecule has 0 heterocycles. The second-order valence-corrected chi connectivity index (χ2v) is 7.25. The van der Waals surface area contributed by atoms with Crippen LogP contribution < -0.4 is 4.74 Å². The Morgan fingerprint density at radius 3 is 1.83 bits per heavy atom. The zero-order valence-corrected chi connectivity index (χ0v) is 16.8. The molecule has 0 amide bonds. The van der Waals surface area contributed by atoms with Crippen molar-refractivity contribution >= 4 is 11.9 Å². The molecule has 0 bridgehead atoms. The van der Waals surface area contributed by atoms with Gasteiger partial charge in [-0.3, -0.25) is 9.59 Å². The number of hydrogen-bond acceptors (Lipinski definition) is 3. The molecule has 0 aromatic heterocycles. The van der Waals surface area contributed by atoms with Gasteiger partial charge in [-0.15, -0.1) is 0 Å². The van der Waals surface area contributed by atoms with Crippen molar-refractivity contribution in [3.05, 3.63) is 59.7 Å². The molecule has 0 unspecified atom stereocenters. The average Bonchev–Trinajstić information content (AvgIpc) is 2.69. The summed E-state index contributed by atoms with van der Waals surface area (Å²) >= 11 is 0. The standard InChI is InChI=1S/C24H30O5/c25-23(26)14-8-1-4-10-19-16-17-22(29-21-12-6-3-7-13-21)18-20(19)11-5-2-9-15-24(27)28/h3,6-7,12-13,16-18H,1-2,4-5,8-11,14-15H2,(H,25,26)(H,27,28). The summed E-state index contributed by atoms with van der Waals surface area (Å²) in [4.78, 5) is 21.3. The number of benzene rings is 2. The fourth-order valence-corrected chi connectivity index (χ4v) is 3.30. The number of aryl methyl sites for hydroxylation is 2. The zero-order chi connectivity index (χ0) is 20.9. The van der Waals surface area contributed by atoms with Crippen molar-refractivity contribution in [2.45, 2.75) is 64.2 Å². The van der Waals surface area contributed by atoms with E-state index in [1.165, 1.54) is 11.1 Å². The Morgan fingerprint density at radius 2 is 1.24 bits per heavy atom. The van der Waals surface area contributed by atoms with Gasteiger partial charge in [-0.2, -0.15) is 0 Å². The third-order valence-corrected chi connectivity index (χ3v) is 4.83. The third kappa shape index (κ3) is 9.28. The lowest BCUT2D eigenvalue weighted by Gasteiger charge is -2.13. The van der Waals surface area contributed by atoms with E-state index in [1.807, 2.05) is 36.4 Å². The van der Waals surface area contributed by atoms with Gasteiger partial charge in [0.25, 0.3) is 0 Å². The Hall–Kier alpha value is -2.82. The Balaban J connectivity index is 1.96. The van der Waals surface area contributed by atoms with Crippen LogP contribution in [0, 0.1) is 0 Å². The lowest BCUT2D eigenvalue weighted by Crippen LogP contribution is -1.99. The first-order valence-electron chi connectivity index (χ1n) is 10.3. The fraction of sp³-hybridized carbons (Fsp3) is 0.417. The molecule has 0 atom stereocenters. The van der Waals surface area contributed by atoms with Crippen LogP contribution in [0.15, 0.2) is 48.5 Å². The van der Waals surface area contributed by atoms with Gasteiger partial charge in [0.2, 0.25) is 0 Å². The minimum absolute atomic E-state index is 0.216. The summed E-state index contributed by atoms with van der Waals surface area (Å²) in [6.07, 6.45) is 7.31. The maximum absolute atomic E-state index is 10.7. The summed E-state index contributed by atoms with van der Waals surface area (Å²) in [6.45, 7) is 0. The van der Waals surface area contributed by atoms with Crippen molar-refractivity contribution in [3.8, 4) is 11.5 Å². The number of carboxylic acids is 2. The van der Waals surface area contributed by atoms with E-state index in [9.17, 15) is 9.59 Å². The van der Waals surface area contributed by atoms with E-state index in [4.69, 9.17) is 14.9 Å². The average molecular weight is 398 g/mol. The van der Waals surface area contributed by atoms with Crippen LogP contribution in [0.1, 0.15) is 62.5 Å². The molecular weight excluding hydrogens is 368 g/mol. The summed E-state index contributed by atoms with van der Waals surface area (Å²) < 4.78 is 5.96. The Labute approximate surface area is 172 Å². The normalized spacial score (nSPS) is 10.6. The van der Waals surface area contributed by atoms with E-state index >= 15 is 0 Å². The topological polar surface area (TPSA) is 83.8 Å². The van der Waals surface area contributed by atoms with Gasteiger partial charge in [0.15, 0.2) is 0 Å². The molecule has 156 valence electrons. The van der Waals surface area contributed by atoms with Gasteiger partial charge in [-0.1, -0.05) is 37.1 Å². The van der Waals surface area contributed by atoms with E-state index in [0.717, 1.165) is 50.0 Å². The third-order valence-electron chi connectivity index (χ3n) is 4.83. The van der Waals surface area contributed by atoms with Crippen LogP contribution in [-0.2, 0) is 22.4 Å². The summed E-state index contributed by atoms with van der Waals surface area (Å²) in [5.41, 5.74) is 2.49. The number of hydrogen-bond donors (Lipinski definition) is 2. The molecule has 29 heavy (non-hydrogen) atoms. The highest BCUT2D eigenvalue weighted by atomic mass is 16.5. The number of unbranched alkanes of at least 4 members (excludes halogenated alkanes) is 4. The van der Waals surface area contributed by atoms with Crippen molar-refractivity contribution in [3.63, 3.8) is 0 Å². The Kier molecular flexibility index (Phi) is 9.76. The van der Waals surface area contributed by atoms with E-state index in [2.05, 4.69) is 12.1 Å². The molecule has 5 heteroatoms. The quantitative estimate of drug-likeness (QED) is 0.390. The molecule has 2 N–H and O–H groups in total. The number of para-hydroxylation sites is 1. The largest absolute Gasteiger partial charge is 0.481 e. The maximum atomic E-state index is 10.7. The van der Waals surface area contributed by atoms with E-state index in [1.54, 1.807) is 0 Å². The molecule has 0 aliphatic heterocycles. The molecule has 0 saturated carbocycles. The number of aliphatic carboxylic acids is 2. The molecule has 0 aliphatic carbocycles. The number of carbonyl (C=O) groups is 2. The van der Waals surface area contributed by atoms with Crippen LogP contribution in [0.25, 0.3) is 0 Å². The van der Waals surface area contributed by atoms with Gasteiger partial charge >= 0.3 is 11.9 Å². The van der Waals surface area contributed by atoms with Crippen molar-refractivity contribution in [2.24, 2.45) is 0 Å². The first-order valence-corrected chi connectivity index (χ1v) is 10.3. The van der Waals surface area contributed by atoms with E-state index in [0.29, 0.717) is 12.8 Å². The monoisotopic (exact) mass is 398 g/mol. The van der Waals surface area contributed by atoms with Gasteiger partial charge in [0.1, 0.15) is 11.5 Å². The Morgan fingerprint density at radius 1 is 0.655 bits per heavy atom. The maximum Gasteiger partial charge on any atom is 0.303 e. The van der Waals surface area contributed by atoms with E-state index in [-0.39, 0.29) is 12.8 Å². The van der Waals surface area contributed by atoms with Crippen molar-refractivity contribution in [2.75, 3.05) is 0 Å². The lowest BCUT2D eigenvalue weighted by molar-refractivity contribution is -0.138. The van der Waals surface area contributed by atoms with Gasteiger partial charge in [-0.05, 0) is 73.9 Å². The van der Waals surface area contributed by atoms with Gasteiger partial charge in [0, 0.05) is 12.8 Å². The molecule has 2 aromatic carbocycles. The molecular formula is C24H30O5. The highest BCUT2D eigenvalue weighted by Gasteiger charge is 2.07. The first kappa shape index (κ1) is 22.5. The minimum atomic E-state index is -0.745. The van der Waals surface area contributed by atoms with Crippen LogP contribution in [-0.4, -0.2) is 22.2 Å². The smallest absolute Gasteiger partial charge is 0.303 e. The summed E-state index contributed by atoms with van der Waals surface area (Å²) in [5.74, 6) is 0.104. The van der Waals surface area contributed by atoms with Crippen LogP contribution in [0.4, 0.5) is 0 Å². The molecule has 0 saturated heterocycles. The number of rotatable bonds is 14. The van der Waals surface area contributed by atoms with Gasteiger partial charge in [0.05, 0.1) is 0 Å². The summed E-state index contributed by atoms with van der Waals surface area (Å²) in [5, 5.41) is 17.5. The van der Waals surface area contributed by atoms with E-state index < -0.39 is 11.9 Å². The molecule has 0 aliphatic rings. The van der Waals surface area contributed by atoms with Crippen LogP contribution in [0.2, 0.25) is 0 Å². The fourth-order valence-electron chi connectivity index (χ4n) is 3.30. The molecule has 2 aromatic rings. The van der Waals surface area contributed by atoms with Crippen molar-refractivity contribution < 1.29 is 24.5 Å². The summed E-state index contributed by atoms with van der Waals surface area (Å²) in [7, 11) is 0. The SMILES string of the molecule is O=C(O)CCCCCc1ccc(Oc2ccccc2)cc1CCCCCC(=O)O. The second-order valence-electron chi connectivity index (χ2n) is 7.25. The van der Waals surface area contributed by atoms with Gasteiger partial charge in [-0.25, -0.2) is 0 Å². The first-order chi connectivity index (χ1) is 14.0. The second kappa shape index (κ2) is 12.6. The number of carboxylic acid groups (broad SMARTS) is 2. The molecule has 2 rings (SSSR count). The minimum Gasteiger partial charge on any atom is -0.481 e. The molecule has 0 radical (unpaired) electrons. The lowest BCUT2D eigenvalue weighted by atomic mass is 9.96. The van der Waals surface area contributed by atoms with Crippen LogP contribution in [0.3, 0.4) is 0 Å². The van der Waals surface area contributed by atoms with Crippen molar-refractivity contribution in [1.29, 1.82) is 0 Å². The highest BCUT2D eigenvalue weighted by molar-refractivity contribution is 5.66. The highest BCUT2D eigenvalue weighted by Crippen LogP contribution is 2.26. The molecule has 0 spiro atoms. The van der Waals surface area contributed by atoms with Crippen LogP contribution in [0.5, 0.6) is 11.5 Å².